The van der Waals surface area contributed by atoms with E-state index >= 15 is 0 Å². The third kappa shape index (κ3) is 4.42. The molecule has 23 heavy (non-hydrogen) atoms. The Bertz CT molecular complexity index is 692. The number of para-hydroxylation sites is 1. The van der Waals surface area contributed by atoms with Crippen LogP contribution in [0.2, 0.25) is 0 Å². The van der Waals surface area contributed by atoms with Crippen LogP contribution in [0.15, 0.2) is 48.5 Å². The van der Waals surface area contributed by atoms with Crippen molar-refractivity contribution in [3.63, 3.8) is 0 Å². The van der Waals surface area contributed by atoms with Gasteiger partial charge in [0.25, 0.3) is 5.91 Å². The molecule has 0 spiro atoms. The molecule has 4 nitrogen and oxygen atoms in total. The maximum atomic E-state index is 12.4. The van der Waals surface area contributed by atoms with E-state index in [1.165, 1.54) is 6.92 Å². The van der Waals surface area contributed by atoms with Crippen LogP contribution in [0.3, 0.4) is 0 Å². The predicted molar refractivity (Wildman–Crippen MR) is 90.9 cm³/mol. The maximum Gasteiger partial charge on any atom is 0.308 e. The van der Waals surface area contributed by atoms with Gasteiger partial charge in [-0.2, -0.15) is 0 Å². The van der Waals surface area contributed by atoms with Gasteiger partial charge >= 0.3 is 5.97 Å². The highest BCUT2D eigenvalue weighted by Gasteiger charge is 2.12. The average molecular weight is 311 g/mol. The number of nitrogens with one attached hydrogen (secondary N) is 1. The van der Waals surface area contributed by atoms with Crippen molar-refractivity contribution in [3.8, 4) is 5.75 Å². The van der Waals surface area contributed by atoms with Crippen molar-refractivity contribution in [2.75, 3.05) is 5.32 Å². The highest BCUT2D eigenvalue weighted by molar-refractivity contribution is 6.04. The molecule has 0 aliphatic heterocycles. The van der Waals surface area contributed by atoms with E-state index < -0.39 is 0 Å². The Balaban J connectivity index is 2.15. The molecule has 1 amide bonds. The van der Waals surface area contributed by atoms with Crippen LogP contribution in [-0.2, 0) is 4.79 Å². The molecule has 0 aliphatic carbocycles. The highest BCUT2D eigenvalue weighted by atomic mass is 16.5. The van der Waals surface area contributed by atoms with Crippen LogP contribution < -0.4 is 10.1 Å². The summed E-state index contributed by atoms with van der Waals surface area (Å²) in [5.74, 6) is 0.228. The van der Waals surface area contributed by atoms with Gasteiger partial charge in [0.2, 0.25) is 0 Å². The summed E-state index contributed by atoms with van der Waals surface area (Å²) < 4.78 is 4.96. The van der Waals surface area contributed by atoms with E-state index in [4.69, 9.17) is 4.74 Å². The molecular formula is C19H21NO3. The molecule has 0 bridgehead atoms. The Labute approximate surface area is 136 Å². The number of esters is 1. The molecule has 0 saturated heterocycles. The number of anilines is 1. The third-order valence-corrected chi connectivity index (χ3v) is 3.73. The summed E-state index contributed by atoms with van der Waals surface area (Å²) in [6, 6.07) is 14.3. The van der Waals surface area contributed by atoms with Crippen molar-refractivity contribution in [3.05, 3.63) is 59.7 Å². The number of rotatable bonds is 5. The first-order valence-electron chi connectivity index (χ1n) is 7.70. The monoisotopic (exact) mass is 311 g/mol. The van der Waals surface area contributed by atoms with Gasteiger partial charge < -0.3 is 10.1 Å². The van der Waals surface area contributed by atoms with Gasteiger partial charge in [-0.3, -0.25) is 9.59 Å². The van der Waals surface area contributed by atoms with Crippen LogP contribution in [0.5, 0.6) is 5.75 Å². The van der Waals surface area contributed by atoms with Crippen molar-refractivity contribution < 1.29 is 14.3 Å². The number of ether oxygens (including phenoxy) is 1. The first-order valence-corrected chi connectivity index (χ1v) is 7.70. The molecule has 0 saturated carbocycles. The molecule has 0 unspecified atom stereocenters. The fourth-order valence-electron chi connectivity index (χ4n) is 2.30. The summed E-state index contributed by atoms with van der Waals surface area (Å²) in [6.07, 6.45) is 1.00. The molecule has 2 aromatic carbocycles. The van der Waals surface area contributed by atoms with Crippen molar-refractivity contribution in [1.82, 2.24) is 0 Å². The molecule has 0 radical (unpaired) electrons. The largest absolute Gasteiger partial charge is 0.427 e. The van der Waals surface area contributed by atoms with Crippen LogP contribution >= 0.6 is 0 Å². The van der Waals surface area contributed by atoms with E-state index in [-0.39, 0.29) is 11.9 Å². The lowest BCUT2D eigenvalue weighted by atomic mass is 9.97. The van der Waals surface area contributed by atoms with Gasteiger partial charge in [-0.25, -0.2) is 0 Å². The third-order valence-electron chi connectivity index (χ3n) is 3.73. The van der Waals surface area contributed by atoms with Gasteiger partial charge in [-0.15, -0.1) is 0 Å². The zero-order valence-electron chi connectivity index (χ0n) is 13.6. The Morgan fingerprint density at radius 3 is 2.35 bits per heavy atom. The number of benzene rings is 2. The second-order valence-corrected chi connectivity index (χ2v) is 5.47. The molecular weight excluding hydrogens is 290 g/mol. The fourth-order valence-corrected chi connectivity index (χ4v) is 2.30. The van der Waals surface area contributed by atoms with Gasteiger partial charge in [-0.1, -0.05) is 32.0 Å². The van der Waals surface area contributed by atoms with Crippen LogP contribution in [0, 0.1) is 0 Å². The molecule has 0 aromatic heterocycles. The van der Waals surface area contributed by atoms with Gasteiger partial charge in [-0.05, 0) is 48.2 Å². The Morgan fingerprint density at radius 2 is 1.74 bits per heavy atom. The van der Waals surface area contributed by atoms with Gasteiger partial charge in [0.15, 0.2) is 0 Å². The SMILES string of the molecule is CC[C@H](C)c1ccccc1NC(=O)c1ccc(OC(C)=O)cc1. The Morgan fingerprint density at radius 1 is 1.09 bits per heavy atom. The Hall–Kier alpha value is -2.62. The lowest BCUT2D eigenvalue weighted by molar-refractivity contribution is -0.131. The second kappa shape index (κ2) is 7.58. The zero-order chi connectivity index (χ0) is 16.8. The summed E-state index contributed by atoms with van der Waals surface area (Å²) in [7, 11) is 0. The molecule has 2 aromatic rings. The number of hydrogen-bond acceptors (Lipinski definition) is 3. The standard InChI is InChI=1S/C19H21NO3/c1-4-13(2)17-7-5-6-8-18(17)20-19(22)15-9-11-16(12-10-15)23-14(3)21/h5-13H,4H2,1-3H3,(H,20,22)/t13-/m0/s1. The van der Waals surface area contributed by atoms with Gasteiger partial charge in [0, 0.05) is 18.2 Å². The zero-order valence-corrected chi connectivity index (χ0v) is 13.6. The van der Waals surface area contributed by atoms with Gasteiger partial charge in [0.1, 0.15) is 5.75 Å². The van der Waals surface area contributed by atoms with Crippen LogP contribution in [0.1, 0.15) is 49.0 Å². The molecule has 0 fully saturated rings. The molecule has 120 valence electrons. The molecule has 0 aliphatic rings. The molecule has 2 rings (SSSR count). The summed E-state index contributed by atoms with van der Waals surface area (Å²) in [5, 5.41) is 2.96. The quantitative estimate of drug-likeness (QED) is 0.658. The Kier molecular flexibility index (Phi) is 5.52. The fraction of sp³-hybridized carbons (Fsp3) is 0.263. The summed E-state index contributed by atoms with van der Waals surface area (Å²) in [5.41, 5.74) is 2.47. The van der Waals surface area contributed by atoms with E-state index in [9.17, 15) is 9.59 Å². The first kappa shape index (κ1) is 16.7. The van der Waals surface area contributed by atoms with Crippen molar-refractivity contribution in [2.24, 2.45) is 0 Å². The van der Waals surface area contributed by atoms with E-state index in [0.717, 1.165) is 17.7 Å². The number of amides is 1. The highest BCUT2D eigenvalue weighted by Crippen LogP contribution is 2.27. The minimum absolute atomic E-state index is 0.185. The average Bonchev–Trinajstić information content (AvgIpc) is 2.54. The number of hydrogen-bond donors (Lipinski definition) is 1. The minimum Gasteiger partial charge on any atom is -0.427 e. The molecule has 0 heterocycles. The van der Waals surface area contributed by atoms with E-state index in [0.29, 0.717) is 17.2 Å². The first-order chi connectivity index (χ1) is 11.0. The van der Waals surface area contributed by atoms with Crippen molar-refractivity contribution in [1.29, 1.82) is 0 Å². The van der Waals surface area contributed by atoms with Crippen molar-refractivity contribution >= 4 is 17.6 Å². The van der Waals surface area contributed by atoms with Crippen LogP contribution in [0.4, 0.5) is 5.69 Å². The van der Waals surface area contributed by atoms with Crippen LogP contribution in [-0.4, -0.2) is 11.9 Å². The molecule has 1 atom stereocenters. The number of carbonyl (C=O) groups excluding carboxylic acids is 2. The number of carbonyl (C=O) groups is 2. The lowest BCUT2D eigenvalue weighted by Gasteiger charge is -2.15. The normalized spacial score (nSPS) is 11.6. The summed E-state index contributed by atoms with van der Waals surface area (Å²) >= 11 is 0. The lowest BCUT2D eigenvalue weighted by Crippen LogP contribution is -2.14. The van der Waals surface area contributed by atoms with Crippen LogP contribution in [0.25, 0.3) is 0 Å². The predicted octanol–water partition coefficient (Wildman–Crippen LogP) is 4.38. The van der Waals surface area contributed by atoms with E-state index in [1.54, 1.807) is 24.3 Å². The molecule has 1 N–H and O–H groups in total. The second-order valence-electron chi connectivity index (χ2n) is 5.47. The van der Waals surface area contributed by atoms with E-state index in [1.807, 2.05) is 24.3 Å². The minimum atomic E-state index is -0.385. The topological polar surface area (TPSA) is 55.4 Å². The summed E-state index contributed by atoms with van der Waals surface area (Å²) in [4.78, 5) is 23.3. The smallest absolute Gasteiger partial charge is 0.308 e. The maximum absolute atomic E-state index is 12.4. The van der Waals surface area contributed by atoms with Gasteiger partial charge in [0.05, 0.1) is 0 Å². The summed E-state index contributed by atoms with van der Waals surface area (Å²) in [6.45, 7) is 5.60. The van der Waals surface area contributed by atoms with Crippen molar-refractivity contribution in [2.45, 2.75) is 33.1 Å². The van der Waals surface area contributed by atoms with E-state index in [2.05, 4.69) is 19.2 Å². The molecule has 4 heteroatoms.